The van der Waals surface area contributed by atoms with Crippen molar-refractivity contribution in [2.45, 2.75) is 40.0 Å². The molecule has 0 aromatic heterocycles. The van der Waals surface area contributed by atoms with Gasteiger partial charge in [0.25, 0.3) is 0 Å². The van der Waals surface area contributed by atoms with Gasteiger partial charge in [0.1, 0.15) is 11.6 Å². The van der Waals surface area contributed by atoms with E-state index in [2.05, 4.69) is 10.0 Å². The van der Waals surface area contributed by atoms with E-state index in [-0.39, 0.29) is 18.0 Å². The van der Waals surface area contributed by atoms with Gasteiger partial charge in [-0.3, -0.25) is 9.52 Å². The van der Waals surface area contributed by atoms with Crippen molar-refractivity contribution in [2.24, 2.45) is 11.1 Å². The molecule has 0 aliphatic rings. The quantitative estimate of drug-likeness (QED) is 0.616. The van der Waals surface area contributed by atoms with Crippen molar-refractivity contribution in [3.8, 4) is 0 Å². The van der Waals surface area contributed by atoms with E-state index >= 15 is 0 Å². The van der Waals surface area contributed by atoms with E-state index in [0.29, 0.717) is 25.3 Å². The highest BCUT2D eigenvalue weighted by Crippen LogP contribution is 2.30. The second-order valence-electron chi connectivity index (χ2n) is 5.88. The third-order valence-electron chi connectivity index (χ3n) is 4.27. The molecule has 6 nitrogen and oxygen atoms in total. The number of nitrogens with two attached hydrogens (primary N) is 1. The standard InChI is InChI=1S/C16H25F2N3O3S/c1-4-7-25(23,24)21-14-9-13(11(17)8-12(14)18)20-15(22)16(5-2,6-3)10-19/h8-9,21H,4-7,10,19H2,1-3H3,(H,20,22). The molecule has 9 heteroatoms. The van der Waals surface area contributed by atoms with Crippen molar-refractivity contribution < 1.29 is 22.0 Å². The second-order valence-corrected chi connectivity index (χ2v) is 7.72. The van der Waals surface area contributed by atoms with Crippen LogP contribution in [0.25, 0.3) is 0 Å². The number of nitrogens with one attached hydrogen (secondary N) is 2. The molecule has 0 saturated carbocycles. The molecular formula is C16H25F2N3O3S. The maximum atomic E-state index is 14.0. The van der Waals surface area contributed by atoms with Gasteiger partial charge in [0, 0.05) is 12.6 Å². The number of halogens is 2. The minimum atomic E-state index is -3.75. The minimum Gasteiger partial charge on any atom is -0.329 e. The van der Waals surface area contributed by atoms with Crippen LogP contribution in [0.2, 0.25) is 0 Å². The zero-order chi connectivity index (χ0) is 19.3. The molecule has 1 amide bonds. The minimum absolute atomic E-state index is 0.0740. The maximum Gasteiger partial charge on any atom is 0.232 e. The van der Waals surface area contributed by atoms with Crippen LogP contribution in [0.1, 0.15) is 40.0 Å². The Morgan fingerprint density at radius 2 is 1.68 bits per heavy atom. The largest absolute Gasteiger partial charge is 0.329 e. The first kappa shape index (κ1) is 21.3. The molecule has 0 aliphatic carbocycles. The van der Waals surface area contributed by atoms with Gasteiger partial charge < -0.3 is 11.1 Å². The summed E-state index contributed by atoms with van der Waals surface area (Å²) in [5, 5.41) is 2.39. The van der Waals surface area contributed by atoms with Gasteiger partial charge in [-0.15, -0.1) is 0 Å². The molecule has 1 aromatic carbocycles. The van der Waals surface area contributed by atoms with Gasteiger partial charge in [-0.2, -0.15) is 0 Å². The SMILES string of the molecule is CCCS(=O)(=O)Nc1cc(NC(=O)C(CC)(CC)CN)c(F)cc1F. The van der Waals surface area contributed by atoms with E-state index in [1.165, 1.54) is 0 Å². The summed E-state index contributed by atoms with van der Waals surface area (Å²) in [5.41, 5.74) is 4.09. The normalized spacial score (nSPS) is 12.1. The molecule has 142 valence electrons. The van der Waals surface area contributed by atoms with Crippen LogP contribution in [0.3, 0.4) is 0 Å². The lowest BCUT2D eigenvalue weighted by Crippen LogP contribution is -2.41. The van der Waals surface area contributed by atoms with Crippen LogP contribution in [0.5, 0.6) is 0 Å². The number of anilines is 2. The van der Waals surface area contributed by atoms with Crippen molar-refractivity contribution >= 4 is 27.3 Å². The Kier molecular flexibility index (Phi) is 7.30. The van der Waals surface area contributed by atoms with Crippen molar-refractivity contribution in [3.63, 3.8) is 0 Å². The first-order valence-corrected chi connectivity index (χ1v) is 9.81. The molecule has 25 heavy (non-hydrogen) atoms. The molecule has 0 aliphatic heterocycles. The highest BCUT2D eigenvalue weighted by molar-refractivity contribution is 7.92. The summed E-state index contributed by atoms with van der Waals surface area (Å²) in [6.45, 7) is 5.32. The third kappa shape index (κ3) is 5.12. The topological polar surface area (TPSA) is 101 Å². The van der Waals surface area contributed by atoms with Gasteiger partial charge in [-0.05, 0) is 25.3 Å². The monoisotopic (exact) mass is 377 g/mol. The first-order chi connectivity index (χ1) is 11.6. The van der Waals surface area contributed by atoms with Crippen LogP contribution in [-0.2, 0) is 14.8 Å². The van der Waals surface area contributed by atoms with E-state index in [4.69, 9.17) is 5.73 Å². The average molecular weight is 377 g/mol. The molecule has 0 atom stereocenters. The van der Waals surface area contributed by atoms with E-state index < -0.39 is 38.7 Å². The summed E-state index contributed by atoms with van der Waals surface area (Å²) in [6, 6.07) is 1.46. The lowest BCUT2D eigenvalue weighted by molar-refractivity contribution is -0.125. The van der Waals surface area contributed by atoms with Crippen LogP contribution < -0.4 is 15.8 Å². The van der Waals surface area contributed by atoms with Crippen LogP contribution in [-0.4, -0.2) is 26.6 Å². The van der Waals surface area contributed by atoms with Crippen LogP contribution in [0.15, 0.2) is 12.1 Å². The number of hydrogen-bond donors (Lipinski definition) is 3. The highest BCUT2D eigenvalue weighted by atomic mass is 32.2. The number of carbonyl (C=O) groups is 1. The van der Waals surface area contributed by atoms with Gasteiger partial charge in [-0.25, -0.2) is 17.2 Å². The zero-order valence-corrected chi connectivity index (χ0v) is 15.5. The zero-order valence-electron chi connectivity index (χ0n) is 14.7. The Morgan fingerprint density at radius 3 is 2.16 bits per heavy atom. The molecule has 1 aromatic rings. The molecular weight excluding hydrogens is 352 g/mol. The van der Waals surface area contributed by atoms with Gasteiger partial charge in [-0.1, -0.05) is 20.8 Å². The Hall–Kier alpha value is -1.74. The Morgan fingerprint density at radius 1 is 1.12 bits per heavy atom. The summed E-state index contributed by atoms with van der Waals surface area (Å²) < 4.78 is 53.5. The number of carbonyl (C=O) groups excluding carboxylic acids is 1. The first-order valence-electron chi connectivity index (χ1n) is 8.15. The average Bonchev–Trinajstić information content (AvgIpc) is 2.54. The predicted octanol–water partition coefficient (Wildman–Crippen LogP) is 2.82. The van der Waals surface area contributed by atoms with Crippen LogP contribution in [0.4, 0.5) is 20.2 Å². The summed E-state index contributed by atoms with van der Waals surface area (Å²) in [7, 11) is -3.75. The molecule has 0 spiro atoms. The summed E-state index contributed by atoms with van der Waals surface area (Å²) >= 11 is 0. The third-order valence-corrected chi connectivity index (χ3v) is 5.75. The number of hydrogen-bond acceptors (Lipinski definition) is 4. The molecule has 0 bridgehead atoms. The van der Waals surface area contributed by atoms with E-state index in [0.717, 1.165) is 6.07 Å². The van der Waals surface area contributed by atoms with Crippen molar-refractivity contribution in [1.82, 2.24) is 0 Å². The van der Waals surface area contributed by atoms with E-state index in [1.54, 1.807) is 20.8 Å². The smallest absolute Gasteiger partial charge is 0.232 e. The lowest BCUT2D eigenvalue weighted by Gasteiger charge is -2.28. The van der Waals surface area contributed by atoms with Gasteiger partial charge >= 0.3 is 0 Å². The summed E-state index contributed by atoms with van der Waals surface area (Å²) in [6.07, 6.45) is 1.24. The summed E-state index contributed by atoms with van der Waals surface area (Å²) in [5.74, 6) is -2.76. The predicted molar refractivity (Wildman–Crippen MR) is 94.8 cm³/mol. The summed E-state index contributed by atoms with van der Waals surface area (Å²) in [4.78, 5) is 12.5. The number of amides is 1. The fraction of sp³-hybridized carbons (Fsp3) is 0.562. The van der Waals surface area contributed by atoms with Crippen molar-refractivity contribution in [1.29, 1.82) is 0 Å². The maximum absolute atomic E-state index is 14.0. The van der Waals surface area contributed by atoms with Crippen molar-refractivity contribution in [3.05, 3.63) is 23.8 Å². The molecule has 0 unspecified atom stereocenters. The Labute approximate surface area is 147 Å². The highest BCUT2D eigenvalue weighted by Gasteiger charge is 2.34. The fourth-order valence-corrected chi connectivity index (χ4v) is 3.55. The van der Waals surface area contributed by atoms with Gasteiger partial charge in [0.2, 0.25) is 15.9 Å². The van der Waals surface area contributed by atoms with Crippen LogP contribution >= 0.6 is 0 Å². The Bertz CT molecular complexity index is 711. The molecule has 0 radical (unpaired) electrons. The number of benzene rings is 1. The Balaban J connectivity index is 3.17. The molecule has 0 heterocycles. The van der Waals surface area contributed by atoms with Crippen LogP contribution in [0, 0.1) is 17.0 Å². The lowest BCUT2D eigenvalue weighted by atomic mass is 9.81. The molecule has 4 N–H and O–H groups in total. The van der Waals surface area contributed by atoms with E-state index in [1.807, 2.05) is 0 Å². The van der Waals surface area contributed by atoms with Gasteiger partial charge in [0.15, 0.2) is 0 Å². The number of rotatable bonds is 9. The fourth-order valence-electron chi connectivity index (χ4n) is 2.42. The van der Waals surface area contributed by atoms with Crippen molar-refractivity contribution in [2.75, 3.05) is 22.3 Å². The van der Waals surface area contributed by atoms with Gasteiger partial charge in [0.05, 0.1) is 22.5 Å². The molecule has 0 fully saturated rings. The molecule has 0 saturated heterocycles. The van der Waals surface area contributed by atoms with E-state index in [9.17, 15) is 22.0 Å². The number of sulfonamides is 1. The second kappa shape index (κ2) is 8.57. The molecule has 1 rings (SSSR count).